The molecule has 0 saturated heterocycles. The third-order valence-corrected chi connectivity index (χ3v) is 3.82. The van der Waals surface area contributed by atoms with Crippen LogP contribution in [0.4, 0.5) is 13.2 Å². The molecule has 3 N–H and O–H groups in total. The normalized spacial score (nSPS) is 23.8. The molecule has 2 rings (SSSR count). The maximum atomic E-state index is 12.5. The summed E-state index contributed by atoms with van der Waals surface area (Å²) in [7, 11) is 0. The van der Waals surface area contributed by atoms with Gasteiger partial charge in [-0.05, 0) is 43.4 Å². The summed E-state index contributed by atoms with van der Waals surface area (Å²) in [4.78, 5) is 0. The number of rotatable bonds is 3. The molecule has 1 aliphatic rings. The van der Waals surface area contributed by atoms with Crippen LogP contribution >= 0.6 is 0 Å². The molecule has 0 atom stereocenters. The molecule has 1 fully saturated rings. The summed E-state index contributed by atoms with van der Waals surface area (Å²) in [6.07, 6.45) is -2.72. The van der Waals surface area contributed by atoms with Crippen LogP contribution in [0.5, 0.6) is 11.5 Å². The van der Waals surface area contributed by atoms with Crippen molar-refractivity contribution < 1.29 is 23.4 Å². The van der Waals surface area contributed by atoms with Crippen molar-refractivity contribution in [2.45, 2.75) is 44.4 Å². The van der Waals surface area contributed by atoms with Gasteiger partial charge in [0.1, 0.15) is 0 Å². The Morgan fingerprint density at radius 2 is 1.70 bits per heavy atom. The van der Waals surface area contributed by atoms with Crippen molar-refractivity contribution in [1.29, 1.82) is 0 Å². The molecule has 0 aliphatic heterocycles. The molecule has 0 unspecified atom stereocenters. The molecule has 112 valence electrons. The maximum Gasteiger partial charge on any atom is 0.391 e. The highest BCUT2D eigenvalue weighted by atomic mass is 19.4. The summed E-state index contributed by atoms with van der Waals surface area (Å²) in [5, 5.41) is 21.7. The zero-order valence-corrected chi connectivity index (χ0v) is 11.0. The van der Waals surface area contributed by atoms with Crippen LogP contribution in [0, 0.1) is 5.92 Å². The zero-order valence-electron chi connectivity index (χ0n) is 11.0. The van der Waals surface area contributed by atoms with Gasteiger partial charge in [-0.1, -0.05) is 6.07 Å². The molecule has 6 heteroatoms. The largest absolute Gasteiger partial charge is 0.504 e. The van der Waals surface area contributed by atoms with Crippen LogP contribution in [0.1, 0.15) is 31.2 Å². The second-order valence-electron chi connectivity index (χ2n) is 5.29. The van der Waals surface area contributed by atoms with E-state index in [1.54, 1.807) is 6.07 Å². The van der Waals surface area contributed by atoms with Crippen molar-refractivity contribution in [3.63, 3.8) is 0 Å². The number of aromatic hydroxyl groups is 2. The Kier molecular flexibility index (Phi) is 4.42. The number of alkyl halides is 3. The summed E-state index contributed by atoms with van der Waals surface area (Å²) in [6.45, 7) is 0.467. The summed E-state index contributed by atoms with van der Waals surface area (Å²) in [6, 6.07) is 4.59. The Morgan fingerprint density at radius 1 is 1.05 bits per heavy atom. The first-order valence-electron chi connectivity index (χ1n) is 6.67. The summed E-state index contributed by atoms with van der Waals surface area (Å²) in [5.41, 5.74) is 0.790. The Balaban J connectivity index is 1.80. The van der Waals surface area contributed by atoms with Crippen LogP contribution in [-0.2, 0) is 6.54 Å². The summed E-state index contributed by atoms with van der Waals surface area (Å²) >= 11 is 0. The Morgan fingerprint density at radius 3 is 2.25 bits per heavy atom. The van der Waals surface area contributed by atoms with Crippen molar-refractivity contribution >= 4 is 0 Å². The predicted molar refractivity (Wildman–Crippen MR) is 68.4 cm³/mol. The molecule has 3 nitrogen and oxygen atoms in total. The Bertz CT molecular complexity index is 454. The number of hydrogen-bond acceptors (Lipinski definition) is 3. The number of nitrogens with one attached hydrogen (secondary N) is 1. The Hall–Kier alpha value is -1.43. The molecule has 1 aromatic rings. The highest BCUT2D eigenvalue weighted by Gasteiger charge is 2.41. The molecule has 1 aliphatic carbocycles. The van der Waals surface area contributed by atoms with Gasteiger partial charge in [-0.15, -0.1) is 0 Å². The number of halogens is 3. The lowest BCUT2D eigenvalue weighted by Crippen LogP contribution is -2.36. The fourth-order valence-electron chi connectivity index (χ4n) is 2.57. The van der Waals surface area contributed by atoms with E-state index < -0.39 is 12.1 Å². The van der Waals surface area contributed by atoms with Gasteiger partial charge in [0.25, 0.3) is 0 Å². The second-order valence-corrected chi connectivity index (χ2v) is 5.29. The molecule has 0 bridgehead atoms. The third kappa shape index (κ3) is 3.79. The summed E-state index contributed by atoms with van der Waals surface area (Å²) < 4.78 is 37.6. The van der Waals surface area contributed by atoms with E-state index in [-0.39, 0.29) is 30.4 Å². The topological polar surface area (TPSA) is 52.5 Å². The van der Waals surface area contributed by atoms with E-state index in [4.69, 9.17) is 0 Å². The standard InChI is InChI=1S/C14H18F3NO2/c15-14(16,17)10-2-4-11(5-3-10)18-8-9-1-6-12(19)13(20)7-9/h1,6-7,10-11,18-20H,2-5,8H2. The van der Waals surface area contributed by atoms with E-state index in [1.807, 2.05) is 0 Å². The lowest BCUT2D eigenvalue weighted by atomic mass is 9.85. The molecule has 0 spiro atoms. The van der Waals surface area contributed by atoms with Gasteiger partial charge in [-0.3, -0.25) is 0 Å². The van der Waals surface area contributed by atoms with Crippen molar-refractivity contribution in [3.8, 4) is 11.5 Å². The minimum absolute atomic E-state index is 0.0737. The molecule has 0 aromatic heterocycles. The van der Waals surface area contributed by atoms with Crippen LogP contribution < -0.4 is 5.32 Å². The fourth-order valence-corrected chi connectivity index (χ4v) is 2.57. The van der Waals surface area contributed by atoms with Crippen molar-refractivity contribution in [1.82, 2.24) is 5.32 Å². The SMILES string of the molecule is Oc1ccc(CNC2CCC(C(F)(F)F)CC2)cc1O. The average molecular weight is 289 g/mol. The van der Waals surface area contributed by atoms with Crippen molar-refractivity contribution in [2.24, 2.45) is 5.92 Å². The molecule has 1 saturated carbocycles. The van der Waals surface area contributed by atoms with Crippen LogP contribution in [0.25, 0.3) is 0 Å². The molecule has 0 amide bonds. The zero-order chi connectivity index (χ0) is 14.8. The van der Waals surface area contributed by atoms with E-state index >= 15 is 0 Å². The molecule has 0 radical (unpaired) electrons. The predicted octanol–water partition coefficient (Wildman–Crippen LogP) is 3.31. The van der Waals surface area contributed by atoms with E-state index in [0.29, 0.717) is 19.4 Å². The van der Waals surface area contributed by atoms with E-state index in [1.165, 1.54) is 12.1 Å². The number of hydrogen-bond donors (Lipinski definition) is 3. The highest BCUT2D eigenvalue weighted by Crippen LogP contribution is 2.37. The van der Waals surface area contributed by atoms with Gasteiger partial charge < -0.3 is 15.5 Å². The van der Waals surface area contributed by atoms with Crippen LogP contribution in [0.3, 0.4) is 0 Å². The minimum atomic E-state index is -4.08. The van der Waals surface area contributed by atoms with Gasteiger partial charge in [0.05, 0.1) is 5.92 Å². The second kappa shape index (κ2) is 5.91. The van der Waals surface area contributed by atoms with Crippen molar-refractivity contribution in [2.75, 3.05) is 0 Å². The molecule has 1 aromatic carbocycles. The number of phenols is 2. The van der Waals surface area contributed by atoms with Gasteiger partial charge in [-0.2, -0.15) is 13.2 Å². The quantitative estimate of drug-likeness (QED) is 0.748. The van der Waals surface area contributed by atoms with E-state index in [9.17, 15) is 23.4 Å². The summed E-state index contributed by atoms with van der Waals surface area (Å²) in [5.74, 6) is -1.54. The first-order valence-corrected chi connectivity index (χ1v) is 6.67. The molecular weight excluding hydrogens is 271 g/mol. The average Bonchev–Trinajstić information content (AvgIpc) is 2.40. The first-order chi connectivity index (χ1) is 9.36. The monoisotopic (exact) mass is 289 g/mol. The van der Waals surface area contributed by atoms with Gasteiger partial charge in [0, 0.05) is 12.6 Å². The van der Waals surface area contributed by atoms with Crippen LogP contribution in [0.15, 0.2) is 18.2 Å². The lowest BCUT2D eigenvalue weighted by Gasteiger charge is -2.30. The van der Waals surface area contributed by atoms with Crippen LogP contribution in [-0.4, -0.2) is 22.4 Å². The van der Waals surface area contributed by atoms with Gasteiger partial charge in [0.2, 0.25) is 0 Å². The molecule has 0 heterocycles. The van der Waals surface area contributed by atoms with Crippen LogP contribution in [0.2, 0.25) is 0 Å². The van der Waals surface area contributed by atoms with Gasteiger partial charge in [0.15, 0.2) is 11.5 Å². The number of benzene rings is 1. The van der Waals surface area contributed by atoms with Crippen molar-refractivity contribution in [3.05, 3.63) is 23.8 Å². The minimum Gasteiger partial charge on any atom is -0.504 e. The number of phenolic OH excluding ortho intramolecular Hbond substituents is 2. The Labute approximate surface area is 115 Å². The fraction of sp³-hybridized carbons (Fsp3) is 0.571. The smallest absolute Gasteiger partial charge is 0.391 e. The van der Waals surface area contributed by atoms with E-state index in [2.05, 4.69) is 5.32 Å². The molecular formula is C14H18F3NO2. The van der Waals surface area contributed by atoms with E-state index in [0.717, 1.165) is 5.56 Å². The first kappa shape index (κ1) is 15.0. The van der Waals surface area contributed by atoms with Gasteiger partial charge >= 0.3 is 6.18 Å². The molecule has 20 heavy (non-hydrogen) atoms. The third-order valence-electron chi connectivity index (χ3n) is 3.82. The highest BCUT2D eigenvalue weighted by molar-refractivity contribution is 5.40. The maximum absolute atomic E-state index is 12.5. The lowest BCUT2D eigenvalue weighted by molar-refractivity contribution is -0.182. The van der Waals surface area contributed by atoms with Gasteiger partial charge in [-0.25, -0.2) is 0 Å².